The summed E-state index contributed by atoms with van der Waals surface area (Å²) in [6, 6.07) is 27.5. The monoisotopic (exact) mass is 778 g/mol. The maximum atomic E-state index is 13.6. The Morgan fingerprint density at radius 1 is 0.948 bits per heavy atom. The van der Waals surface area contributed by atoms with Crippen molar-refractivity contribution in [3.63, 3.8) is 0 Å². The van der Waals surface area contributed by atoms with E-state index >= 15 is 0 Å². The highest BCUT2D eigenvalue weighted by Gasteiger charge is 2.24. The van der Waals surface area contributed by atoms with Crippen LogP contribution in [0.2, 0.25) is 0 Å². The van der Waals surface area contributed by atoms with Crippen LogP contribution in [0.3, 0.4) is 0 Å². The summed E-state index contributed by atoms with van der Waals surface area (Å²) in [4.78, 5) is 38.1. The second kappa shape index (κ2) is 17.6. The van der Waals surface area contributed by atoms with E-state index in [0.717, 1.165) is 47.2 Å². The largest absolute Gasteiger partial charge is 0.497 e. The molecule has 0 radical (unpaired) electrons. The van der Waals surface area contributed by atoms with E-state index in [4.69, 9.17) is 30.7 Å². The fraction of sp³-hybridized carbons (Fsp3) is 0.267. The molecule has 13 heteroatoms. The molecule has 3 heterocycles. The summed E-state index contributed by atoms with van der Waals surface area (Å²) in [6.07, 6.45) is 7.80. The van der Waals surface area contributed by atoms with Gasteiger partial charge < -0.3 is 24.8 Å². The number of carbonyl (C=O) groups is 2. The molecule has 2 aromatic heterocycles. The number of aromatic nitrogens is 4. The van der Waals surface area contributed by atoms with E-state index < -0.39 is 11.4 Å². The number of aryl methyl sites for hydroxylation is 1. The topological polar surface area (TPSA) is 145 Å². The number of rotatable bonds is 13. The summed E-state index contributed by atoms with van der Waals surface area (Å²) < 4.78 is 19.0. The molecule has 1 fully saturated rings. The third-order valence-electron chi connectivity index (χ3n) is 9.90. The van der Waals surface area contributed by atoms with E-state index in [2.05, 4.69) is 31.8 Å². The first-order valence-corrected chi connectivity index (χ1v) is 19.1. The summed E-state index contributed by atoms with van der Waals surface area (Å²) in [5.41, 5.74) is 3.77. The van der Waals surface area contributed by atoms with Crippen LogP contribution < -0.4 is 25.4 Å². The van der Waals surface area contributed by atoms with Crippen LogP contribution in [0.25, 0.3) is 16.5 Å². The fourth-order valence-electron chi connectivity index (χ4n) is 6.56. The summed E-state index contributed by atoms with van der Waals surface area (Å²) in [7, 11) is 1.57. The van der Waals surface area contributed by atoms with E-state index in [1.165, 1.54) is 0 Å². The number of amides is 3. The van der Waals surface area contributed by atoms with Crippen LogP contribution in [0.1, 0.15) is 46.9 Å². The number of fused-ring (bicyclic) bond motifs is 1. The van der Waals surface area contributed by atoms with Crippen LogP contribution in [0.4, 0.5) is 16.3 Å². The molecule has 4 aromatic carbocycles. The maximum Gasteiger partial charge on any atom is 0.324 e. The van der Waals surface area contributed by atoms with Gasteiger partial charge in [0.05, 0.1) is 42.8 Å². The van der Waals surface area contributed by atoms with E-state index in [1.54, 1.807) is 48.3 Å². The van der Waals surface area contributed by atoms with E-state index in [1.807, 2.05) is 81.4 Å². The van der Waals surface area contributed by atoms with Gasteiger partial charge in [-0.25, -0.2) is 14.5 Å². The minimum Gasteiger partial charge on any atom is -0.497 e. The first kappa shape index (κ1) is 39.5. The average Bonchev–Trinajstić information content (AvgIpc) is 3.66. The number of methoxy groups -OCH3 is 1. The number of morpholine rings is 1. The van der Waals surface area contributed by atoms with Crippen molar-refractivity contribution in [3.8, 4) is 35.4 Å². The molecule has 58 heavy (non-hydrogen) atoms. The van der Waals surface area contributed by atoms with Crippen molar-refractivity contribution in [1.82, 2.24) is 30.0 Å². The van der Waals surface area contributed by atoms with Crippen LogP contribution in [-0.4, -0.2) is 83.1 Å². The van der Waals surface area contributed by atoms with Crippen molar-refractivity contribution >= 4 is 34.2 Å². The lowest BCUT2D eigenvalue weighted by atomic mass is 9.91. The molecule has 0 aliphatic carbocycles. The molecular formula is C45H46N8O5. The molecule has 0 bridgehead atoms. The molecule has 6 aromatic rings. The molecule has 0 spiro atoms. The number of hydrogen-bond acceptors (Lipinski definition) is 9. The quantitative estimate of drug-likeness (QED) is 0.104. The fourth-order valence-corrected chi connectivity index (χ4v) is 6.56. The summed E-state index contributed by atoms with van der Waals surface area (Å²) in [6.45, 7) is 10.2. The average molecular weight is 779 g/mol. The Morgan fingerprint density at radius 2 is 1.72 bits per heavy atom. The number of ether oxygens (including phenoxy) is 3. The number of nitrogens with zero attached hydrogens (tertiary/aromatic N) is 5. The van der Waals surface area contributed by atoms with Crippen molar-refractivity contribution < 1.29 is 23.8 Å². The molecule has 3 N–H and O–H groups in total. The van der Waals surface area contributed by atoms with Crippen molar-refractivity contribution in [2.45, 2.75) is 32.6 Å². The van der Waals surface area contributed by atoms with Gasteiger partial charge in [-0.05, 0) is 68.8 Å². The molecule has 296 valence electrons. The smallest absolute Gasteiger partial charge is 0.324 e. The van der Waals surface area contributed by atoms with Gasteiger partial charge in [-0.15, -0.1) is 6.42 Å². The molecule has 1 aliphatic heterocycles. The molecule has 1 aliphatic rings. The third kappa shape index (κ3) is 9.43. The second-order valence-electron chi connectivity index (χ2n) is 14.5. The first-order chi connectivity index (χ1) is 28.1. The summed E-state index contributed by atoms with van der Waals surface area (Å²) >= 11 is 0. The Kier molecular flexibility index (Phi) is 12.0. The molecular weight excluding hydrogens is 733 g/mol. The van der Waals surface area contributed by atoms with Crippen LogP contribution in [0.15, 0.2) is 97.2 Å². The molecule has 0 unspecified atom stereocenters. The second-order valence-corrected chi connectivity index (χ2v) is 14.5. The van der Waals surface area contributed by atoms with Crippen LogP contribution >= 0.6 is 0 Å². The molecule has 0 atom stereocenters. The molecule has 3 amide bonds. The number of carbonyl (C=O) groups excluding carboxylic acids is 2. The third-order valence-corrected chi connectivity index (χ3v) is 9.90. The van der Waals surface area contributed by atoms with Crippen molar-refractivity contribution in [1.29, 1.82) is 0 Å². The number of terminal acetylenes is 1. The number of hydrogen-bond donors (Lipinski definition) is 3. The Morgan fingerprint density at radius 3 is 2.48 bits per heavy atom. The van der Waals surface area contributed by atoms with Crippen LogP contribution in [0, 0.1) is 19.3 Å². The van der Waals surface area contributed by atoms with E-state index in [9.17, 15) is 9.59 Å². The SMILES string of the molecule is C#CC(C)(C)c1cc(NC(=O)Nc2ccc(Oc3ccnc(Cc4cc(OC)cc(C(=O)NCCN5CCOCC5)c4)n3)c3ccccc23)n(-c2ccc(C)cc2)n1. The lowest BCUT2D eigenvalue weighted by molar-refractivity contribution is 0.0383. The highest BCUT2D eigenvalue weighted by molar-refractivity contribution is 6.07. The minimum atomic E-state index is -0.653. The van der Waals surface area contributed by atoms with Crippen LogP contribution in [0.5, 0.6) is 17.4 Å². The van der Waals surface area contributed by atoms with Gasteiger partial charge in [0.2, 0.25) is 5.88 Å². The Bertz CT molecular complexity index is 2470. The Hall–Kier alpha value is -6.75. The normalized spacial score (nSPS) is 13.1. The van der Waals surface area contributed by atoms with Crippen LogP contribution in [-0.2, 0) is 16.6 Å². The zero-order valence-corrected chi connectivity index (χ0v) is 33.0. The van der Waals surface area contributed by atoms with Gasteiger partial charge in [-0.1, -0.05) is 47.9 Å². The number of benzene rings is 4. The zero-order chi connectivity index (χ0) is 40.6. The van der Waals surface area contributed by atoms with Gasteiger partial charge in [-0.3, -0.25) is 15.0 Å². The maximum absolute atomic E-state index is 13.6. The van der Waals surface area contributed by atoms with Crippen molar-refractivity contribution in [3.05, 3.63) is 125 Å². The van der Waals surface area contributed by atoms with Gasteiger partial charge in [0.1, 0.15) is 23.1 Å². The number of anilines is 2. The Labute approximate surface area is 337 Å². The highest BCUT2D eigenvalue weighted by Crippen LogP contribution is 2.34. The highest BCUT2D eigenvalue weighted by atomic mass is 16.5. The predicted octanol–water partition coefficient (Wildman–Crippen LogP) is 7.13. The summed E-state index contributed by atoms with van der Waals surface area (Å²) in [5, 5.41) is 15.3. The first-order valence-electron chi connectivity index (χ1n) is 19.1. The molecule has 0 saturated carbocycles. The minimum absolute atomic E-state index is 0.180. The molecule has 1 saturated heterocycles. The number of urea groups is 1. The summed E-state index contributed by atoms with van der Waals surface area (Å²) in [5.74, 6) is 5.02. The number of nitrogens with one attached hydrogen (secondary N) is 3. The zero-order valence-electron chi connectivity index (χ0n) is 33.0. The van der Waals surface area contributed by atoms with E-state index in [-0.39, 0.29) is 5.91 Å². The molecule has 13 nitrogen and oxygen atoms in total. The Balaban J connectivity index is 1.05. The van der Waals surface area contributed by atoms with Gasteiger partial charge >= 0.3 is 6.03 Å². The van der Waals surface area contributed by atoms with Crippen molar-refractivity contribution in [2.75, 3.05) is 57.1 Å². The van der Waals surface area contributed by atoms with Gasteiger partial charge in [0, 0.05) is 67.3 Å². The standard InChI is InChI=1S/C45H46N8O5/c1-6-45(3,4)39-29-41(53(51-39)33-13-11-30(2)12-14-33)50-44(55)48-37-15-16-38(36-10-8-7-9-35(36)37)58-42-17-18-46-40(49-42)27-31-25-32(28-34(26-31)56-5)43(54)47-19-20-52-21-23-57-24-22-52/h1,7-18,25-26,28-29H,19-24,27H2,2-5H3,(H,47,54)(H2,48,50,55). The van der Waals surface area contributed by atoms with Gasteiger partial charge in [0.25, 0.3) is 5.91 Å². The molecule has 7 rings (SSSR count). The predicted molar refractivity (Wildman–Crippen MR) is 224 cm³/mol. The van der Waals surface area contributed by atoms with Gasteiger partial charge in [-0.2, -0.15) is 10.1 Å². The van der Waals surface area contributed by atoms with Gasteiger partial charge in [0.15, 0.2) is 0 Å². The van der Waals surface area contributed by atoms with Crippen molar-refractivity contribution in [2.24, 2.45) is 0 Å². The lowest BCUT2D eigenvalue weighted by Gasteiger charge is -2.26. The lowest BCUT2D eigenvalue weighted by Crippen LogP contribution is -2.41. The van der Waals surface area contributed by atoms with E-state index in [0.29, 0.717) is 72.1 Å².